The van der Waals surface area contributed by atoms with E-state index >= 15 is 0 Å². The number of hydrogen-bond acceptors (Lipinski definition) is 3. The predicted octanol–water partition coefficient (Wildman–Crippen LogP) is 2.94. The molecule has 4 aromatic rings. The average Bonchev–Trinajstić information content (AvgIpc) is 2.91. The fourth-order valence-electron chi connectivity index (χ4n) is 2.20. The zero-order valence-corrected chi connectivity index (χ0v) is 10.1. The van der Waals surface area contributed by atoms with Crippen LogP contribution in [-0.4, -0.2) is 19.4 Å². The first-order valence-corrected chi connectivity index (χ1v) is 6.06. The maximum absolute atomic E-state index is 4.64. The summed E-state index contributed by atoms with van der Waals surface area (Å²) in [5.74, 6) is 0. The Morgan fingerprint density at radius 3 is 2.58 bits per heavy atom. The fraction of sp³-hybridized carbons (Fsp3) is 0. The third kappa shape index (κ3) is 1.57. The normalized spacial score (nSPS) is 11.2. The predicted molar refractivity (Wildman–Crippen MR) is 73.7 cm³/mol. The van der Waals surface area contributed by atoms with Gasteiger partial charge in [0.1, 0.15) is 11.3 Å². The molecule has 0 radical (unpaired) electrons. The largest absolute Gasteiger partial charge is 0.298 e. The van der Waals surface area contributed by atoms with E-state index in [1.54, 1.807) is 6.20 Å². The number of imidazole rings is 1. The second-order valence-electron chi connectivity index (χ2n) is 4.32. The van der Waals surface area contributed by atoms with Crippen LogP contribution in [0.4, 0.5) is 0 Å². The second-order valence-corrected chi connectivity index (χ2v) is 4.32. The van der Waals surface area contributed by atoms with E-state index in [9.17, 15) is 0 Å². The molecule has 0 spiro atoms. The Kier molecular flexibility index (Phi) is 2.08. The van der Waals surface area contributed by atoms with E-state index in [0.717, 1.165) is 28.1 Å². The number of fused-ring (bicyclic) bond motifs is 2. The van der Waals surface area contributed by atoms with Gasteiger partial charge >= 0.3 is 0 Å². The minimum atomic E-state index is 0.831. The summed E-state index contributed by atoms with van der Waals surface area (Å²) in [5.41, 5.74) is 4.49. The lowest BCUT2D eigenvalue weighted by Crippen LogP contribution is -1.92. The van der Waals surface area contributed by atoms with Gasteiger partial charge in [-0.1, -0.05) is 18.2 Å². The van der Waals surface area contributed by atoms with Crippen LogP contribution in [0.5, 0.6) is 0 Å². The van der Waals surface area contributed by atoms with Crippen molar-refractivity contribution in [3.8, 4) is 11.4 Å². The minimum absolute atomic E-state index is 0.831. The van der Waals surface area contributed by atoms with Crippen molar-refractivity contribution < 1.29 is 0 Å². The van der Waals surface area contributed by atoms with Crippen LogP contribution in [0, 0.1) is 0 Å². The summed E-state index contributed by atoms with van der Waals surface area (Å²) in [4.78, 5) is 13.5. The SMILES string of the molecule is c1ccc2nc(-c3cnc4ccccn34)cnc2c1. The number of rotatable bonds is 1. The Balaban J connectivity index is 1.99. The van der Waals surface area contributed by atoms with Gasteiger partial charge < -0.3 is 0 Å². The number of benzene rings is 1. The number of nitrogens with zero attached hydrogens (tertiary/aromatic N) is 4. The molecule has 3 heterocycles. The van der Waals surface area contributed by atoms with E-state index in [4.69, 9.17) is 0 Å². The molecule has 4 heteroatoms. The summed E-state index contributed by atoms with van der Waals surface area (Å²) in [7, 11) is 0. The molecule has 0 aliphatic heterocycles. The first kappa shape index (κ1) is 10.2. The lowest BCUT2D eigenvalue weighted by atomic mass is 10.2. The van der Waals surface area contributed by atoms with E-state index in [1.165, 1.54) is 0 Å². The zero-order valence-electron chi connectivity index (χ0n) is 10.1. The summed E-state index contributed by atoms with van der Waals surface area (Å²) >= 11 is 0. The van der Waals surface area contributed by atoms with Crippen LogP contribution >= 0.6 is 0 Å². The highest BCUT2D eigenvalue weighted by molar-refractivity contribution is 5.76. The van der Waals surface area contributed by atoms with Gasteiger partial charge in [-0.15, -0.1) is 0 Å². The van der Waals surface area contributed by atoms with Crippen molar-refractivity contribution in [2.75, 3.05) is 0 Å². The van der Waals surface area contributed by atoms with Crippen molar-refractivity contribution in [1.29, 1.82) is 0 Å². The molecule has 0 fully saturated rings. The summed E-state index contributed by atoms with van der Waals surface area (Å²) in [5, 5.41) is 0. The van der Waals surface area contributed by atoms with E-state index in [-0.39, 0.29) is 0 Å². The van der Waals surface area contributed by atoms with Gasteiger partial charge in [0.15, 0.2) is 0 Å². The van der Waals surface area contributed by atoms with Crippen molar-refractivity contribution in [1.82, 2.24) is 19.4 Å². The van der Waals surface area contributed by atoms with Gasteiger partial charge in [0.25, 0.3) is 0 Å². The van der Waals surface area contributed by atoms with E-state index in [0.29, 0.717) is 0 Å². The second kappa shape index (κ2) is 3.88. The van der Waals surface area contributed by atoms with Crippen LogP contribution in [0.2, 0.25) is 0 Å². The molecule has 0 unspecified atom stereocenters. The van der Waals surface area contributed by atoms with Gasteiger partial charge in [0.05, 0.1) is 29.1 Å². The highest BCUT2D eigenvalue weighted by Crippen LogP contribution is 2.20. The molecule has 0 N–H and O–H groups in total. The summed E-state index contributed by atoms with van der Waals surface area (Å²) in [6.45, 7) is 0. The highest BCUT2D eigenvalue weighted by Gasteiger charge is 2.07. The molecule has 0 aliphatic rings. The van der Waals surface area contributed by atoms with E-state index < -0.39 is 0 Å². The van der Waals surface area contributed by atoms with Crippen molar-refractivity contribution in [2.45, 2.75) is 0 Å². The molecule has 4 nitrogen and oxygen atoms in total. The molecule has 4 rings (SSSR count). The van der Waals surface area contributed by atoms with Gasteiger partial charge in [0, 0.05) is 6.20 Å². The first-order chi connectivity index (χ1) is 9.42. The molecule has 0 saturated heterocycles. The molecular weight excluding hydrogens is 236 g/mol. The summed E-state index contributed by atoms with van der Waals surface area (Å²) in [6, 6.07) is 13.8. The van der Waals surface area contributed by atoms with Crippen LogP contribution in [0.25, 0.3) is 28.1 Å². The molecule has 19 heavy (non-hydrogen) atoms. The third-order valence-electron chi connectivity index (χ3n) is 3.13. The Hall–Kier alpha value is -2.75. The Morgan fingerprint density at radius 2 is 1.63 bits per heavy atom. The molecule has 0 amide bonds. The molecule has 3 aromatic heterocycles. The maximum atomic E-state index is 4.64. The molecule has 0 aliphatic carbocycles. The summed E-state index contributed by atoms with van der Waals surface area (Å²) in [6.07, 6.45) is 5.60. The van der Waals surface area contributed by atoms with Crippen LogP contribution in [0.1, 0.15) is 0 Å². The number of pyridine rings is 1. The standard InChI is InChI=1S/C15H10N4/c1-2-6-12-11(5-1)16-9-13(18-12)14-10-17-15-7-3-4-8-19(14)15/h1-10H. The molecule has 0 bridgehead atoms. The van der Waals surface area contributed by atoms with Gasteiger partial charge in [-0.2, -0.15) is 0 Å². The van der Waals surface area contributed by atoms with Crippen LogP contribution in [0.15, 0.2) is 61.1 Å². The quantitative estimate of drug-likeness (QED) is 0.518. The zero-order chi connectivity index (χ0) is 12.7. The van der Waals surface area contributed by atoms with Crippen LogP contribution < -0.4 is 0 Å². The maximum Gasteiger partial charge on any atom is 0.137 e. The van der Waals surface area contributed by atoms with Crippen molar-refractivity contribution in [2.24, 2.45) is 0 Å². The summed E-state index contributed by atoms with van der Waals surface area (Å²) < 4.78 is 2.01. The Labute approximate surface area is 109 Å². The average molecular weight is 246 g/mol. The third-order valence-corrected chi connectivity index (χ3v) is 3.13. The van der Waals surface area contributed by atoms with Gasteiger partial charge in [-0.3, -0.25) is 9.38 Å². The molecule has 90 valence electrons. The number of hydrogen-bond donors (Lipinski definition) is 0. The monoisotopic (exact) mass is 246 g/mol. The van der Waals surface area contributed by atoms with Crippen molar-refractivity contribution in [3.63, 3.8) is 0 Å². The smallest absolute Gasteiger partial charge is 0.137 e. The minimum Gasteiger partial charge on any atom is -0.298 e. The van der Waals surface area contributed by atoms with Gasteiger partial charge in [-0.05, 0) is 24.3 Å². The van der Waals surface area contributed by atoms with Crippen LogP contribution in [0.3, 0.4) is 0 Å². The molecule has 0 atom stereocenters. The Morgan fingerprint density at radius 1 is 0.789 bits per heavy atom. The van der Waals surface area contributed by atoms with Crippen molar-refractivity contribution in [3.05, 3.63) is 61.1 Å². The topological polar surface area (TPSA) is 43.1 Å². The van der Waals surface area contributed by atoms with Gasteiger partial charge in [0.2, 0.25) is 0 Å². The molecule has 1 aromatic carbocycles. The highest BCUT2D eigenvalue weighted by atomic mass is 15.0. The van der Waals surface area contributed by atoms with Crippen molar-refractivity contribution >= 4 is 16.7 Å². The lowest BCUT2D eigenvalue weighted by molar-refractivity contribution is 1.16. The first-order valence-electron chi connectivity index (χ1n) is 6.06. The Bertz CT molecular complexity index is 879. The number of aromatic nitrogens is 4. The lowest BCUT2D eigenvalue weighted by Gasteiger charge is -2.02. The van der Waals surface area contributed by atoms with E-state index in [2.05, 4.69) is 15.0 Å². The number of para-hydroxylation sites is 2. The molecule has 0 saturated carbocycles. The van der Waals surface area contributed by atoms with Crippen LogP contribution in [-0.2, 0) is 0 Å². The molecular formula is C15H10N4. The van der Waals surface area contributed by atoms with Gasteiger partial charge in [-0.25, -0.2) is 9.97 Å². The van der Waals surface area contributed by atoms with E-state index in [1.807, 2.05) is 59.3 Å². The fourth-order valence-corrected chi connectivity index (χ4v) is 2.20.